The molecular formula is C41H85NO20. The van der Waals surface area contributed by atoms with E-state index in [9.17, 15) is 0 Å². The fraction of sp³-hybridized carbons (Fsp3) is 1.00. The predicted molar refractivity (Wildman–Crippen MR) is 226 cm³/mol. The van der Waals surface area contributed by atoms with Crippen LogP contribution < -0.4 is 5.73 Å². The molecule has 0 saturated carbocycles. The molecule has 21 nitrogen and oxygen atoms in total. The van der Waals surface area contributed by atoms with Gasteiger partial charge in [-0.15, -0.1) is 0 Å². The second-order valence-electron chi connectivity index (χ2n) is 12.4. The first-order valence-electron chi connectivity index (χ1n) is 22.1. The summed E-state index contributed by atoms with van der Waals surface area (Å²) in [5.41, 5.74) is 5.34. The molecule has 0 saturated heterocycles. The molecule has 0 unspecified atom stereocenters. The zero-order valence-corrected chi connectivity index (χ0v) is 38.0. The molecule has 0 aliphatic carbocycles. The molecule has 0 aliphatic rings. The van der Waals surface area contributed by atoms with Gasteiger partial charge in [-0.25, -0.2) is 0 Å². The third-order valence-electron chi connectivity index (χ3n) is 7.39. The number of methoxy groups -OCH3 is 1. The van der Waals surface area contributed by atoms with Gasteiger partial charge in [0, 0.05) is 13.7 Å². The third-order valence-corrected chi connectivity index (χ3v) is 7.39. The van der Waals surface area contributed by atoms with Crippen molar-refractivity contribution in [2.75, 3.05) is 271 Å². The Kier molecular flexibility index (Phi) is 59.3. The minimum Gasteiger partial charge on any atom is -0.382 e. The first-order valence-corrected chi connectivity index (χ1v) is 22.1. The molecule has 0 spiro atoms. The van der Waals surface area contributed by atoms with Crippen molar-refractivity contribution in [2.45, 2.75) is 0 Å². The lowest BCUT2D eigenvalue weighted by Crippen LogP contribution is -2.16. The van der Waals surface area contributed by atoms with E-state index in [-0.39, 0.29) is 0 Å². The number of hydrogen-bond donors (Lipinski definition) is 1. The second kappa shape index (κ2) is 60.2. The van der Waals surface area contributed by atoms with Crippen LogP contribution in [0.4, 0.5) is 0 Å². The average molecular weight is 912 g/mol. The van der Waals surface area contributed by atoms with Crippen molar-refractivity contribution < 1.29 is 94.7 Å². The maximum atomic E-state index is 5.51. The summed E-state index contributed by atoms with van der Waals surface area (Å²) in [6.45, 7) is 20.5. The van der Waals surface area contributed by atoms with E-state index in [0.29, 0.717) is 264 Å². The van der Waals surface area contributed by atoms with E-state index in [1.165, 1.54) is 0 Å². The van der Waals surface area contributed by atoms with Crippen molar-refractivity contribution in [3.8, 4) is 0 Å². The number of hydrogen-bond acceptors (Lipinski definition) is 21. The lowest BCUT2D eigenvalue weighted by Gasteiger charge is -2.09. The fourth-order valence-electron chi connectivity index (χ4n) is 4.29. The summed E-state index contributed by atoms with van der Waals surface area (Å²) >= 11 is 0. The van der Waals surface area contributed by atoms with E-state index in [0.717, 1.165) is 0 Å². The summed E-state index contributed by atoms with van der Waals surface area (Å²) in [4.78, 5) is 0. The molecule has 0 radical (unpaired) electrons. The van der Waals surface area contributed by atoms with Gasteiger partial charge in [-0.3, -0.25) is 0 Å². The zero-order chi connectivity index (χ0) is 44.4. The zero-order valence-electron chi connectivity index (χ0n) is 38.0. The molecular weight excluding hydrogens is 826 g/mol. The topological polar surface area (TPSA) is 211 Å². The van der Waals surface area contributed by atoms with Crippen LogP contribution in [-0.4, -0.2) is 271 Å². The van der Waals surface area contributed by atoms with E-state index in [1.807, 2.05) is 0 Å². The van der Waals surface area contributed by atoms with Gasteiger partial charge in [-0.05, 0) is 0 Å². The Bertz CT molecular complexity index is 712. The summed E-state index contributed by atoms with van der Waals surface area (Å²) in [5.74, 6) is 0. The van der Waals surface area contributed by atoms with Gasteiger partial charge < -0.3 is 100 Å². The van der Waals surface area contributed by atoms with E-state index >= 15 is 0 Å². The van der Waals surface area contributed by atoms with Crippen molar-refractivity contribution >= 4 is 0 Å². The summed E-state index contributed by atoms with van der Waals surface area (Å²) in [6, 6.07) is 0. The van der Waals surface area contributed by atoms with Crippen molar-refractivity contribution in [3.63, 3.8) is 0 Å². The predicted octanol–water partition coefficient (Wildman–Crippen LogP) is -0.0931. The Morgan fingerprint density at radius 3 is 0.355 bits per heavy atom. The summed E-state index contributed by atoms with van der Waals surface area (Å²) < 4.78 is 108. The van der Waals surface area contributed by atoms with E-state index in [1.54, 1.807) is 7.11 Å². The molecule has 0 aliphatic heterocycles. The number of rotatable bonds is 59. The molecule has 62 heavy (non-hydrogen) atoms. The van der Waals surface area contributed by atoms with E-state index in [2.05, 4.69) is 0 Å². The standard InChI is InChI=1S/C41H85NO20/c1-43-4-5-45-8-9-47-12-13-49-16-17-51-20-21-53-24-25-55-28-29-57-32-33-59-36-37-61-40-41-62-39-38-60-35-34-58-31-30-56-27-26-54-23-22-52-19-18-50-15-14-48-11-10-46-7-6-44-3-2-42/h2-42H2,1H3. The van der Waals surface area contributed by atoms with Gasteiger partial charge >= 0.3 is 0 Å². The molecule has 0 aromatic heterocycles. The van der Waals surface area contributed by atoms with Crippen LogP contribution in [0.25, 0.3) is 0 Å². The molecule has 0 rings (SSSR count). The van der Waals surface area contributed by atoms with Gasteiger partial charge in [-0.1, -0.05) is 0 Å². The smallest absolute Gasteiger partial charge is 0.0701 e. The minimum atomic E-state index is 0.494. The van der Waals surface area contributed by atoms with Crippen LogP contribution in [0.1, 0.15) is 0 Å². The van der Waals surface area contributed by atoms with Crippen LogP contribution >= 0.6 is 0 Å². The van der Waals surface area contributed by atoms with Crippen molar-refractivity contribution in [1.82, 2.24) is 0 Å². The normalized spacial score (nSPS) is 11.7. The maximum Gasteiger partial charge on any atom is 0.0701 e. The van der Waals surface area contributed by atoms with Crippen LogP contribution in [0.5, 0.6) is 0 Å². The Morgan fingerprint density at radius 1 is 0.161 bits per heavy atom. The number of nitrogens with two attached hydrogens (primary N) is 1. The molecule has 0 heterocycles. The maximum absolute atomic E-state index is 5.51. The Balaban J connectivity index is 3.06. The van der Waals surface area contributed by atoms with Crippen LogP contribution in [0.15, 0.2) is 0 Å². The lowest BCUT2D eigenvalue weighted by atomic mass is 10.6. The molecule has 21 heteroatoms. The highest BCUT2D eigenvalue weighted by atomic mass is 16.6. The Morgan fingerprint density at radius 2 is 0.258 bits per heavy atom. The lowest BCUT2D eigenvalue weighted by molar-refractivity contribution is -0.0313. The van der Waals surface area contributed by atoms with E-state index in [4.69, 9.17) is 100 Å². The molecule has 0 aromatic carbocycles. The van der Waals surface area contributed by atoms with Gasteiger partial charge in [-0.2, -0.15) is 0 Å². The Labute approximate surface area is 371 Å². The van der Waals surface area contributed by atoms with Crippen molar-refractivity contribution in [2.24, 2.45) is 5.73 Å². The van der Waals surface area contributed by atoms with Crippen molar-refractivity contribution in [3.05, 3.63) is 0 Å². The fourth-order valence-corrected chi connectivity index (χ4v) is 4.29. The van der Waals surface area contributed by atoms with Crippen LogP contribution in [-0.2, 0) is 94.7 Å². The highest BCUT2D eigenvalue weighted by Crippen LogP contribution is 1.89. The quantitative estimate of drug-likeness (QED) is 0.0791. The summed E-state index contributed by atoms with van der Waals surface area (Å²) in [5, 5.41) is 0. The SMILES string of the molecule is COCCOCCOCCOCCOCCOCCOCCOCCOCCOCCOCCOCCOCCOCCOCCOCCOCCOCCOCCOCCN. The molecule has 0 bridgehead atoms. The highest BCUT2D eigenvalue weighted by Gasteiger charge is 1.99. The van der Waals surface area contributed by atoms with Crippen molar-refractivity contribution in [1.29, 1.82) is 0 Å². The van der Waals surface area contributed by atoms with Crippen LogP contribution in [0.3, 0.4) is 0 Å². The van der Waals surface area contributed by atoms with Gasteiger partial charge in [0.05, 0.1) is 258 Å². The van der Waals surface area contributed by atoms with Gasteiger partial charge in [0.1, 0.15) is 0 Å². The van der Waals surface area contributed by atoms with Gasteiger partial charge in [0.2, 0.25) is 0 Å². The second-order valence-corrected chi connectivity index (χ2v) is 12.4. The van der Waals surface area contributed by atoms with Gasteiger partial charge in [0.25, 0.3) is 0 Å². The molecule has 374 valence electrons. The monoisotopic (exact) mass is 912 g/mol. The van der Waals surface area contributed by atoms with Crippen LogP contribution in [0.2, 0.25) is 0 Å². The van der Waals surface area contributed by atoms with E-state index < -0.39 is 0 Å². The largest absolute Gasteiger partial charge is 0.382 e. The minimum absolute atomic E-state index is 0.494. The molecule has 2 N–H and O–H groups in total. The summed E-state index contributed by atoms with van der Waals surface area (Å²) in [7, 11) is 1.64. The molecule has 0 aromatic rings. The Hall–Kier alpha value is -0.840. The summed E-state index contributed by atoms with van der Waals surface area (Å²) in [6.07, 6.45) is 0. The first kappa shape index (κ1) is 61.2. The molecule has 0 amide bonds. The average Bonchev–Trinajstić information content (AvgIpc) is 3.28. The molecule has 0 atom stereocenters. The first-order chi connectivity index (χ1) is 30.9. The highest BCUT2D eigenvalue weighted by molar-refractivity contribution is 4.41. The van der Waals surface area contributed by atoms with Crippen LogP contribution in [0, 0.1) is 0 Å². The number of ether oxygens (including phenoxy) is 20. The molecule has 0 fully saturated rings. The van der Waals surface area contributed by atoms with Gasteiger partial charge in [0.15, 0.2) is 0 Å². The third kappa shape index (κ3) is 59.2.